The number of unbranched alkanes of at least 4 members (excludes halogenated alkanes) is 1. The number of nitrogens with zero attached hydrogens (tertiary/aromatic N) is 4. The topological polar surface area (TPSA) is 81.6 Å². The van der Waals surface area contributed by atoms with Crippen molar-refractivity contribution in [1.82, 2.24) is 19.5 Å². The summed E-state index contributed by atoms with van der Waals surface area (Å²) in [5, 5.41) is 3.36. The van der Waals surface area contributed by atoms with Crippen LogP contribution in [0.15, 0.2) is 25.0 Å². The Morgan fingerprint density at radius 1 is 1.30 bits per heavy atom. The van der Waals surface area contributed by atoms with Gasteiger partial charge in [-0.2, -0.15) is 0 Å². The molecular weight excluding hydrogens is 252 g/mol. The Kier molecular flexibility index (Phi) is 4.92. The lowest BCUT2D eigenvalue weighted by atomic mass is 10.0. The number of nitrogen functional groups attached to an aromatic ring is 1. The molecule has 0 spiro atoms. The number of rotatable bonds is 7. The van der Waals surface area contributed by atoms with Crippen LogP contribution < -0.4 is 11.1 Å². The van der Waals surface area contributed by atoms with E-state index < -0.39 is 0 Å². The Morgan fingerprint density at radius 2 is 2.15 bits per heavy atom. The molecule has 0 aliphatic carbocycles. The van der Waals surface area contributed by atoms with Gasteiger partial charge in [0.05, 0.1) is 6.33 Å². The predicted molar refractivity (Wildman–Crippen MR) is 80.5 cm³/mol. The molecule has 3 N–H and O–H groups in total. The number of hydrogen-bond donors (Lipinski definition) is 2. The zero-order valence-electron chi connectivity index (χ0n) is 12.1. The van der Waals surface area contributed by atoms with Crippen molar-refractivity contribution in [2.75, 3.05) is 17.6 Å². The fourth-order valence-electron chi connectivity index (χ4n) is 2.16. The van der Waals surface area contributed by atoms with Gasteiger partial charge in [-0.1, -0.05) is 13.8 Å². The second-order valence-electron chi connectivity index (χ2n) is 5.11. The van der Waals surface area contributed by atoms with Crippen molar-refractivity contribution < 1.29 is 0 Å². The number of nitrogens with one attached hydrogen (secondary N) is 1. The third-order valence-electron chi connectivity index (χ3n) is 3.19. The average molecular weight is 274 g/mol. The first-order valence-electron chi connectivity index (χ1n) is 6.98. The van der Waals surface area contributed by atoms with E-state index in [9.17, 15) is 0 Å². The highest BCUT2D eigenvalue weighted by molar-refractivity contribution is 5.56. The number of imidazole rings is 1. The maximum Gasteiger partial charge on any atom is 0.134 e. The SMILES string of the molecule is CC(C)c1c(N)ncnc1NCCCCn1ccnc1. The van der Waals surface area contributed by atoms with Gasteiger partial charge in [-0.25, -0.2) is 15.0 Å². The molecule has 6 heteroatoms. The smallest absolute Gasteiger partial charge is 0.134 e. The van der Waals surface area contributed by atoms with E-state index in [4.69, 9.17) is 5.73 Å². The van der Waals surface area contributed by atoms with Gasteiger partial charge in [-0.05, 0) is 18.8 Å². The largest absolute Gasteiger partial charge is 0.383 e. The van der Waals surface area contributed by atoms with E-state index in [2.05, 4.69) is 38.7 Å². The van der Waals surface area contributed by atoms with Crippen LogP contribution in [0.25, 0.3) is 0 Å². The number of aromatic nitrogens is 4. The fraction of sp³-hybridized carbons (Fsp3) is 0.500. The van der Waals surface area contributed by atoms with Crippen LogP contribution in [0.3, 0.4) is 0 Å². The monoisotopic (exact) mass is 274 g/mol. The summed E-state index contributed by atoms with van der Waals surface area (Å²) < 4.78 is 2.09. The van der Waals surface area contributed by atoms with Crippen LogP contribution in [0.1, 0.15) is 38.2 Å². The molecule has 2 aromatic heterocycles. The third-order valence-corrected chi connectivity index (χ3v) is 3.19. The zero-order chi connectivity index (χ0) is 14.4. The van der Waals surface area contributed by atoms with E-state index in [-0.39, 0.29) is 0 Å². The predicted octanol–water partition coefficient (Wildman–Crippen LogP) is 2.27. The molecule has 0 aliphatic heterocycles. The van der Waals surface area contributed by atoms with Crippen LogP contribution in [-0.2, 0) is 6.54 Å². The minimum Gasteiger partial charge on any atom is -0.383 e. The van der Waals surface area contributed by atoms with E-state index in [0.29, 0.717) is 11.7 Å². The Hall–Kier alpha value is -2.11. The molecule has 2 aromatic rings. The van der Waals surface area contributed by atoms with Gasteiger partial charge >= 0.3 is 0 Å². The number of aryl methyl sites for hydroxylation is 1. The van der Waals surface area contributed by atoms with Gasteiger partial charge in [-0.3, -0.25) is 0 Å². The molecule has 0 unspecified atom stereocenters. The van der Waals surface area contributed by atoms with E-state index in [1.54, 1.807) is 6.20 Å². The van der Waals surface area contributed by atoms with Crippen molar-refractivity contribution in [3.8, 4) is 0 Å². The Bertz CT molecular complexity index is 520. The molecule has 20 heavy (non-hydrogen) atoms. The molecule has 0 saturated heterocycles. The summed E-state index contributed by atoms with van der Waals surface area (Å²) in [4.78, 5) is 12.4. The van der Waals surface area contributed by atoms with Crippen LogP contribution in [0.2, 0.25) is 0 Å². The number of anilines is 2. The Morgan fingerprint density at radius 3 is 2.85 bits per heavy atom. The minimum absolute atomic E-state index is 0.310. The maximum atomic E-state index is 5.92. The van der Waals surface area contributed by atoms with Crippen molar-refractivity contribution in [2.24, 2.45) is 0 Å². The summed E-state index contributed by atoms with van der Waals surface area (Å²) in [5.41, 5.74) is 6.92. The summed E-state index contributed by atoms with van der Waals surface area (Å²) in [5.74, 6) is 1.73. The van der Waals surface area contributed by atoms with Crippen molar-refractivity contribution >= 4 is 11.6 Å². The fourth-order valence-corrected chi connectivity index (χ4v) is 2.16. The van der Waals surface area contributed by atoms with Gasteiger partial charge in [0.2, 0.25) is 0 Å². The van der Waals surface area contributed by atoms with E-state index in [1.165, 1.54) is 6.33 Å². The summed E-state index contributed by atoms with van der Waals surface area (Å²) >= 11 is 0. The van der Waals surface area contributed by atoms with Gasteiger partial charge in [0.25, 0.3) is 0 Å². The molecule has 0 radical (unpaired) electrons. The van der Waals surface area contributed by atoms with Crippen LogP contribution in [-0.4, -0.2) is 26.1 Å². The van der Waals surface area contributed by atoms with Crippen molar-refractivity contribution in [3.05, 3.63) is 30.6 Å². The quantitative estimate of drug-likeness (QED) is 0.757. The molecule has 0 aliphatic rings. The first-order chi connectivity index (χ1) is 9.68. The summed E-state index contributed by atoms with van der Waals surface area (Å²) in [6, 6.07) is 0. The van der Waals surface area contributed by atoms with E-state index in [1.807, 2.05) is 12.5 Å². The van der Waals surface area contributed by atoms with Crippen molar-refractivity contribution in [3.63, 3.8) is 0 Å². The van der Waals surface area contributed by atoms with Crippen molar-refractivity contribution in [2.45, 2.75) is 39.2 Å². The molecule has 0 atom stereocenters. The van der Waals surface area contributed by atoms with Crippen LogP contribution in [0, 0.1) is 0 Å². The highest BCUT2D eigenvalue weighted by Gasteiger charge is 2.12. The highest BCUT2D eigenvalue weighted by Crippen LogP contribution is 2.26. The molecule has 0 aromatic carbocycles. The first-order valence-corrected chi connectivity index (χ1v) is 6.98. The zero-order valence-corrected chi connectivity index (χ0v) is 12.1. The standard InChI is InChI=1S/C14H22N6/c1-11(2)12-13(15)18-9-19-14(12)17-5-3-4-7-20-8-6-16-10-20/h6,8-11H,3-5,7H2,1-2H3,(H3,15,17,18,19). The highest BCUT2D eigenvalue weighted by atomic mass is 15.0. The number of nitrogens with two attached hydrogens (primary N) is 1. The summed E-state index contributed by atoms with van der Waals surface area (Å²) in [6.45, 7) is 6.06. The number of hydrogen-bond acceptors (Lipinski definition) is 5. The minimum atomic E-state index is 0.310. The molecule has 0 amide bonds. The van der Waals surface area contributed by atoms with Crippen LogP contribution in [0.4, 0.5) is 11.6 Å². The van der Waals surface area contributed by atoms with Gasteiger partial charge in [0, 0.05) is 31.0 Å². The summed E-state index contributed by atoms with van der Waals surface area (Å²) in [6.07, 6.45) is 9.30. The Labute approximate surface area is 119 Å². The van der Waals surface area contributed by atoms with Crippen LogP contribution in [0.5, 0.6) is 0 Å². The molecule has 0 bridgehead atoms. The van der Waals surface area contributed by atoms with Gasteiger partial charge in [0.15, 0.2) is 0 Å². The average Bonchev–Trinajstić information content (AvgIpc) is 2.91. The molecule has 6 nitrogen and oxygen atoms in total. The lowest BCUT2D eigenvalue weighted by Gasteiger charge is -2.14. The van der Waals surface area contributed by atoms with Gasteiger partial charge in [0.1, 0.15) is 18.0 Å². The van der Waals surface area contributed by atoms with Gasteiger partial charge in [-0.15, -0.1) is 0 Å². The summed E-state index contributed by atoms with van der Waals surface area (Å²) in [7, 11) is 0. The van der Waals surface area contributed by atoms with E-state index in [0.717, 1.165) is 37.3 Å². The third kappa shape index (κ3) is 3.69. The first kappa shape index (κ1) is 14.3. The lowest BCUT2D eigenvalue weighted by Crippen LogP contribution is -2.11. The molecular formula is C14H22N6. The molecule has 0 saturated carbocycles. The lowest BCUT2D eigenvalue weighted by molar-refractivity contribution is 0.620. The second-order valence-corrected chi connectivity index (χ2v) is 5.11. The van der Waals surface area contributed by atoms with Crippen LogP contribution >= 0.6 is 0 Å². The molecule has 108 valence electrons. The maximum absolute atomic E-state index is 5.92. The normalized spacial score (nSPS) is 10.9. The molecule has 2 heterocycles. The van der Waals surface area contributed by atoms with E-state index >= 15 is 0 Å². The second kappa shape index (κ2) is 6.88. The van der Waals surface area contributed by atoms with Gasteiger partial charge < -0.3 is 15.6 Å². The van der Waals surface area contributed by atoms with Crippen molar-refractivity contribution in [1.29, 1.82) is 0 Å². The molecule has 2 rings (SSSR count). The molecule has 0 fully saturated rings. The Balaban J connectivity index is 1.80.